The molecule has 0 amide bonds. The number of nitrogens with one attached hydrogen (secondary N) is 1. The Morgan fingerprint density at radius 1 is 0.972 bits per heavy atom. The molecule has 1 aliphatic carbocycles. The third-order valence-corrected chi connectivity index (χ3v) is 7.73. The van der Waals surface area contributed by atoms with Gasteiger partial charge in [-0.15, -0.1) is 0 Å². The summed E-state index contributed by atoms with van der Waals surface area (Å²) in [5.41, 5.74) is 0.313. The van der Waals surface area contributed by atoms with E-state index in [2.05, 4.69) is 37.4 Å². The van der Waals surface area contributed by atoms with Crippen LogP contribution in [0.1, 0.15) is 90.0 Å². The van der Waals surface area contributed by atoms with E-state index < -0.39 is 23.9 Å². The van der Waals surface area contributed by atoms with Crippen LogP contribution in [-0.2, 0) is 10.2 Å². The molecule has 3 atom stereocenters. The predicted molar refractivity (Wildman–Crippen MR) is 143 cm³/mol. The maximum Gasteiger partial charge on any atom is 0.401 e. The minimum Gasteiger partial charge on any atom is -0.352 e. The molecule has 0 radical (unpaired) electrons. The van der Waals surface area contributed by atoms with Gasteiger partial charge in [0, 0.05) is 0 Å². The SMILES string of the molecule is CCCC(C)CCCCCCCCC(C1=CCC=CC=C1)(c1ccccc1)C1(NCC(F)(F)F)CO1. The smallest absolute Gasteiger partial charge is 0.352 e. The van der Waals surface area contributed by atoms with Crippen molar-refractivity contribution in [3.8, 4) is 0 Å². The third kappa shape index (κ3) is 7.82. The van der Waals surface area contributed by atoms with Crippen molar-refractivity contribution < 1.29 is 17.9 Å². The zero-order valence-electron chi connectivity index (χ0n) is 22.1. The van der Waals surface area contributed by atoms with Gasteiger partial charge in [0.25, 0.3) is 0 Å². The predicted octanol–water partition coefficient (Wildman–Crippen LogP) is 8.80. The van der Waals surface area contributed by atoms with Crippen molar-refractivity contribution in [3.05, 3.63) is 71.8 Å². The number of unbranched alkanes of at least 4 members (excludes halogenated alkanes) is 5. The minimum atomic E-state index is -4.30. The first-order chi connectivity index (χ1) is 17.3. The molecule has 1 saturated heterocycles. The van der Waals surface area contributed by atoms with Crippen molar-refractivity contribution in [1.29, 1.82) is 0 Å². The Morgan fingerprint density at radius 3 is 2.33 bits per heavy atom. The monoisotopic (exact) mass is 503 g/mol. The second-order valence-corrected chi connectivity index (χ2v) is 10.6. The summed E-state index contributed by atoms with van der Waals surface area (Å²) < 4.78 is 45.9. The van der Waals surface area contributed by atoms with Crippen molar-refractivity contribution >= 4 is 0 Å². The number of hydrogen-bond acceptors (Lipinski definition) is 2. The molecule has 2 nitrogen and oxygen atoms in total. The van der Waals surface area contributed by atoms with Crippen LogP contribution >= 0.6 is 0 Å². The summed E-state index contributed by atoms with van der Waals surface area (Å²) >= 11 is 0. The van der Waals surface area contributed by atoms with Crippen LogP contribution in [0.5, 0.6) is 0 Å². The number of benzene rings is 1. The Morgan fingerprint density at radius 2 is 1.67 bits per heavy atom. The van der Waals surface area contributed by atoms with Gasteiger partial charge in [-0.1, -0.05) is 132 Å². The first-order valence-electron chi connectivity index (χ1n) is 13.9. The van der Waals surface area contributed by atoms with Crippen molar-refractivity contribution in [3.63, 3.8) is 0 Å². The van der Waals surface area contributed by atoms with Gasteiger partial charge >= 0.3 is 6.18 Å². The standard InChI is InChI=1S/C31H44F3NO/c1-3-17-26(2)18-11-6-4-5-9-16-23-29(28-21-14-10-15-22-28,27-19-12-7-8-13-20-27)30(25-36-30)35-24-31(32,33)34/h7-8,10,12,14-15,19-22,26,35H,3-6,9,11,13,16-18,23-25H2,1-2H3. The third-order valence-electron chi connectivity index (χ3n) is 7.73. The summed E-state index contributed by atoms with van der Waals surface area (Å²) in [6, 6.07) is 10.00. The Kier molecular flexibility index (Phi) is 10.9. The van der Waals surface area contributed by atoms with E-state index in [1.165, 1.54) is 38.5 Å². The zero-order chi connectivity index (χ0) is 25.9. The number of ether oxygens (including phenoxy) is 1. The largest absolute Gasteiger partial charge is 0.401 e. The summed E-state index contributed by atoms with van der Waals surface area (Å²) in [7, 11) is 0. The van der Waals surface area contributed by atoms with Crippen molar-refractivity contribution in [2.45, 2.75) is 102 Å². The quantitative estimate of drug-likeness (QED) is 0.180. The van der Waals surface area contributed by atoms with Crippen LogP contribution in [-0.4, -0.2) is 25.1 Å². The molecule has 5 heteroatoms. The van der Waals surface area contributed by atoms with Crippen molar-refractivity contribution in [2.24, 2.45) is 5.92 Å². The van der Waals surface area contributed by atoms with E-state index in [1.54, 1.807) is 0 Å². The summed E-state index contributed by atoms with van der Waals surface area (Å²) in [6.45, 7) is 3.81. The molecule has 0 aromatic heterocycles. The average molecular weight is 504 g/mol. The summed E-state index contributed by atoms with van der Waals surface area (Å²) in [5.74, 6) is 0.816. The van der Waals surface area contributed by atoms with Gasteiger partial charge in [0.1, 0.15) is 0 Å². The lowest BCUT2D eigenvalue weighted by atomic mass is 9.65. The fourth-order valence-corrected chi connectivity index (χ4v) is 5.78. The van der Waals surface area contributed by atoms with Crippen LogP contribution in [0.4, 0.5) is 13.2 Å². The molecular weight excluding hydrogens is 459 g/mol. The highest BCUT2D eigenvalue weighted by atomic mass is 19.4. The zero-order valence-corrected chi connectivity index (χ0v) is 22.1. The molecule has 1 aromatic rings. The molecule has 0 saturated carbocycles. The molecule has 1 fully saturated rings. The number of hydrogen-bond donors (Lipinski definition) is 1. The maximum absolute atomic E-state index is 13.3. The second kappa shape index (κ2) is 13.6. The molecule has 36 heavy (non-hydrogen) atoms. The van der Waals surface area contributed by atoms with Gasteiger partial charge in [-0.05, 0) is 29.9 Å². The Labute approximate surface area is 216 Å². The molecule has 1 N–H and O–H groups in total. The minimum absolute atomic E-state index is 0.270. The van der Waals surface area contributed by atoms with Crippen LogP contribution in [0.15, 0.2) is 66.3 Å². The Balaban J connectivity index is 1.74. The highest BCUT2D eigenvalue weighted by molar-refractivity contribution is 5.49. The lowest BCUT2D eigenvalue weighted by molar-refractivity contribution is -0.130. The number of halogens is 3. The van der Waals surface area contributed by atoms with Gasteiger partial charge in [-0.2, -0.15) is 13.2 Å². The average Bonchev–Trinajstić information content (AvgIpc) is 3.68. The lowest BCUT2D eigenvalue weighted by Gasteiger charge is -2.42. The molecule has 1 aromatic carbocycles. The number of rotatable bonds is 16. The van der Waals surface area contributed by atoms with E-state index in [9.17, 15) is 13.2 Å². The topological polar surface area (TPSA) is 24.6 Å². The summed E-state index contributed by atoms with van der Waals surface area (Å²) in [4.78, 5) is 0. The van der Waals surface area contributed by atoms with Gasteiger partial charge in [0.2, 0.25) is 0 Å². The molecule has 3 unspecified atom stereocenters. The molecule has 3 rings (SSSR count). The Hall–Kier alpha value is -1.85. The second-order valence-electron chi connectivity index (χ2n) is 10.6. The number of allylic oxidation sites excluding steroid dienone is 5. The van der Waals surface area contributed by atoms with Crippen LogP contribution in [0, 0.1) is 5.92 Å². The van der Waals surface area contributed by atoms with Crippen LogP contribution < -0.4 is 5.32 Å². The maximum atomic E-state index is 13.3. The summed E-state index contributed by atoms with van der Waals surface area (Å²) in [6.07, 6.45) is 18.3. The highest BCUT2D eigenvalue weighted by Gasteiger charge is 2.63. The van der Waals surface area contributed by atoms with Crippen molar-refractivity contribution in [1.82, 2.24) is 5.32 Å². The van der Waals surface area contributed by atoms with Gasteiger partial charge in [-0.25, -0.2) is 0 Å². The van der Waals surface area contributed by atoms with E-state index in [4.69, 9.17) is 4.74 Å². The number of epoxide rings is 1. The molecular formula is C31H44F3NO. The van der Waals surface area contributed by atoms with E-state index in [0.717, 1.165) is 49.2 Å². The van der Waals surface area contributed by atoms with Crippen molar-refractivity contribution in [2.75, 3.05) is 13.2 Å². The van der Waals surface area contributed by atoms with Crippen LogP contribution in [0.3, 0.4) is 0 Å². The molecule has 1 heterocycles. The number of alkyl halides is 3. The summed E-state index contributed by atoms with van der Waals surface area (Å²) in [5, 5.41) is 2.81. The fraction of sp³-hybridized carbons (Fsp3) is 0.613. The lowest BCUT2D eigenvalue weighted by Crippen LogP contribution is -2.55. The van der Waals surface area contributed by atoms with E-state index >= 15 is 0 Å². The van der Waals surface area contributed by atoms with Gasteiger partial charge < -0.3 is 4.74 Å². The van der Waals surface area contributed by atoms with E-state index in [1.807, 2.05) is 42.5 Å². The highest BCUT2D eigenvalue weighted by Crippen LogP contribution is 2.53. The molecule has 0 bridgehead atoms. The van der Waals surface area contributed by atoms with Crippen LogP contribution in [0.25, 0.3) is 0 Å². The fourth-order valence-electron chi connectivity index (χ4n) is 5.78. The van der Waals surface area contributed by atoms with E-state index in [0.29, 0.717) is 0 Å². The van der Waals surface area contributed by atoms with E-state index in [-0.39, 0.29) is 6.61 Å². The molecule has 0 spiro atoms. The van der Waals surface area contributed by atoms with Gasteiger partial charge in [-0.3, -0.25) is 5.32 Å². The van der Waals surface area contributed by atoms with Gasteiger partial charge in [0.05, 0.1) is 18.6 Å². The van der Waals surface area contributed by atoms with Crippen LogP contribution in [0.2, 0.25) is 0 Å². The molecule has 200 valence electrons. The first kappa shape index (κ1) is 28.7. The first-order valence-corrected chi connectivity index (χ1v) is 13.9. The Bertz CT molecular complexity index is 870. The normalized spacial score (nSPS) is 22.1. The molecule has 1 aliphatic heterocycles. The molecule has 2 aliphatic rings. The van der Waals surface area contributed by atoms with Gasteiger partial charge in [0.15, 0.2) is 5.72 Å².